The van der Waals surface area contributed by atoms with Crippen LogP contribution in [0.5, 0.6) is 11.5 Å². The van der Waals surface area contributed by atoms with Crippen molar-refractivity contribution in [2.45, 2.75) is 13.0 Å². The van der Waals surface area contributed by atoms with E-state index in [0.717, 1.165) is 10.9 Å². The van der Waals surface area contributed by atoms with Gasteiger partial charge in [-0.05, 0) is 31.2 Å². The van der Waals surface area contributed by atoms with Crippen LogP contribution < -0.4 is 9.47 Å². The zero-order valence-corrected chi connectivity index (χ0v) is 19.0. The Morgan fingerprint density at radius 1 is 1.09 bits per heavy atom. The predicted molar refractivity (Wildman–Crippen MR) is 123 cm³/mol. The van der Waals surface area contributed by atoms with E-state index in [4.69, 9.17) is 18.9 Å². The third-order valence-corrected chi connectivity index (χ3v) is 5.62. The monoisotopic (exact) mass is 466 g/mol. The quantitative estimate of drug-likeness (QED) is 0.402. The first kappa shape index (κ1) is 23.3. The molecule has 1 aliphatic rings. The van der Waals surface area contributed by atoms with Gasteiger partial charge in [0.2, 0.25) is 5.78 Å². The maximum atomic E-state index is 12.9. The van der Waals surface area contributed by atoms with Gasteiger partial charge in [0.15, 0.2) is 24.2 Å². The van der Waals surface area contributed by atoms with Crippen LogP contribution in [0.1, 0.15) is 27.6 Å². The molecule has 1 aromatic heterocycles. The zero-order chi connectivity index (χ0) is 24.1. The highest BCUT2D eigenvalue weighted by atomic mass is 16.5. The fourth-order valence-electron chi connectivity index (χ4n) is 3.73. The number of nitrogens with one attached hydrogen (secondary N) is 1. The minimum Gasteiger partial charge on any atom is -0.493 e. The number of fused-ring (bicyclic) bond motifs is 1. The number of ether oxygens (including phenoxy) is 4. The molecule has 9 nitrogen and oxygen atoms in total. The number of methoxy groups -OCH3 is 1. The van der Waals surface area contributed by atoms with Gasteiger partial charge in [-0.3, -0.25) is 9.59 Å². The number of benzene rings is 2. The van der Waals surface area contributed by atoms with Crippen LogP contribution in [0, 0.1) is 0 Å². The Balaban J connectivity index is 1.39. The molecule has 1 fully saturated rings. The number of esters is 1. The number of Topliss-reactive ketones (excluding diaryl/α,β-unsaturated/α-hetero) is 1. The lowest BCUT2D eigenvalue weighted by molar-refractivity contribution is -0.137. The molecule has 1 atom stereocenters. The highest BCUT2D eigenvalue weighted by Gasteiger charge is 2.24. The van der Waals surface area contributed by atoms with Crippen LogP contribution in [0.15, 0.2) is 48.7 Å². The van der Waals surface area contributed by atoms with E-state index in [2.05, 4.69) is 4.98 Å². The molecule has 1 amide bonds. The second kappa shape index (κ2) is 10.4. The number of rotatable bonds is 8. The number of hydrogen-bond donors (Lipinski definition) is 1. The average Bonchev–Trinajstić information content (AvgIpc) is 3.31. The molecule has 0 spiro atoms. The van der Waals surface area contributed by atoms with Crippen LogP contribution in [0.4, 0.5) is 0 Å². The van der Waals surface area contributed by atoms with Crippen molar-refractivity contribution in [3.05, 3.63) is 59.8 Å². The Labute approximate surface area is 196 Å². The molecule has 34 heavy (non-hydrogen) atoms. The summed E-state index contributed by atoms with van der Waals surface area (Å²) in [4.78, 5) is 42.6. The number of para-hydroxylation sites is 1. The average molecular weight is 466 g/mol. The summed E-state index contributed by atoms with van der Waals surface area (Å²) in [6.45, 7) is 3.45. The van der Waals surface area contributed by atoms with Crippen LogP contribution in [0.3, 0.4) is 0 Å². The minimum atomic E-state index is -0.986. The summed E-state index contributed by atoms with van der Waals surface area (Å²) < 4.78 is 21.6. The number of H-pyrrole nitrogens is 1. The summed E-state index contributed by atoms with van der Waals surface area (Å²) in [6, 6.07) is 11.9. The van der Waals surface area contributed by atoms with Crippen molar-refractivity contribution in [3.63, 3.8) is 0 Å². The third-order valence-electron chi connectivity index (χ3n) is 5.62. The Kier molecular flexibility index (Phi) is 7.12. The minimum absolute atomic E-state index is 0.154. The number of amides is 1. The van der Waals surface area contributed by atoms with Gasteiger partial charge < -0.3 is 28.8 Å². The molecule has 4 rings (SSSR count). The smallest absolute Gasteiger partial charge is 0.338 e. The summed E-state index contributed by atoms with van der Waals surface area (Å²) in [6.07, 6.45) is 0.629. The number of carbonyl (C=O) groups is 3. The molecule has 2 aromatic carbocycles. The van der Waals surface area contributed by atoms with Crippen LogP contribution in [-0.2, 0) is 14.3 Å². The van der Waals surface area contributed by atoms with Gasteiger partial charge in [0.05, 0.1) is 25.9 Å². The molecule has 3 aromatic rings. The molecule has 0 bridgehead atoms. The van der Waals surface area contributed by atoms with E-state index in [1.54, 1.807) is 11.1 Å². The molecule has 1 aliphatic heterocycles. The maximum absolute atomic E-state index is 12.9. The van der Waals surface area contributed by atoms with E-state index in [1.807, 2.05) is 24.3 Å². The van der Waals surface area contributed by atoms with E-state index >= 15 is 0 Å². The number of morpholine rings is 1. The van der Waals surface area contributed by atoms with Crippen LogP contribution in [0.2, 0.25) is 0 Å². The molecule has 9 heteroatoms. The third kappa shape index (κ3) is 5.04. The first-order chi connectivity index (χ1) is 16.5. The fourth-order valence-corrected chi connectivity index (χ4v) is 3.73. The van der Waals surface area contributed by atoms with Gasteiger partial charge in [0.25, 0.3) is 5.91 Å². The van der Waals surface area contributed by atoms with Crippen LogP contribution in [-0.4, -0.2) is 73.7 Å². The summed E-state index contributed by atoms with van der Waals surface area (Å²) in [5.41, 5.74) is 1.49. The second-order valence-electron chi connectivity index (χ2n) is 7.81. The maximum Gasteiger partial charge on any atom is 0.338 e. The molecule has 0 saturated carbocycles. The van der Waals surface area contributed by atoms with Gasteiger partial charge in [-0.1, -0.05) is 18.2 Å². The molecule has 178 valence electrons. The molecular formula is C25H26N2O7. The number of ketones is 1. The number of aromatic amines is 1. The van der Waals surface area contributed by atoms with Crippen LogP contribution >= 0.6 is 0 Å². The lowest BCUT2D eigenvalue weighted by Gasteiger charge is -2.26. The molecular weight excluding hydrogens is 440 g/mol. The number of carbonyl (C=O) groups excluding carboxylic acids is 3. The summed E-state index contributed by atoms with van der Waals surface area (Å²) >= 11 is 0. The largest absolute Gasteiger partial charge is 0.493 e. The van der Waals surface area contributed by atoms with Gasteiger partial charge in [0.1, 0.15) is 0 Å². The first-order valence-corrected chi connectivity index (χ1v) is 11.0. The van der Waals surface area contributed by atoms with E-state index in [-0.39, 0.29) is 29.6 Å². The molecule has 1 saturated heterocycles. The molecule has 1 N–H and O–H groups in total. The van der Waals surface area contributed by atoms with Gasteiger partial charge in [0, 0.05) is 35.8 Å². The summed E-state index contributed by atoms with van der Waals surface area (Å²) in [5, 5.41) is 0.769. The van der Waals surface area contributed by atoms with Crippen molar-refractivity contribution >= 4 is 28.6 Å². The molecule has 1 unspecified atom stereocenters. The van der Waals surface area contributed by atoms with Gasteiger partial charge in [-0.25, -0.2) is 4.79 Å². The van der Waals surface area contributed by atoms with E-state index in [0.29, 0.717) is 37.6 Å². The van der Waals surface area contributed by atoms with E-state index < -0.39 is 12.1 Å². The predicted octanol–water partition coefficient (Wildman–Crippen LogP) is 2.84. The Bertz CT molecular complexity index is 1200. The SMILES string of the molecule is COc1cc(C(=O)OC(C)C(=O)c2c[nH]c3ccccc23)ccc1OCC(=O)N1CCOCC1. The molecule has 0 radical (unpaired) electrons. The van der Waals surface area contributed by atoms with Crippen molar-refractivity contribution in [3.8, 4) is 11.5 Å². The second-order valence-corrected chi connectivity index (χ2v) is 7.81. The molecule has 2 heterocycles. The first-order valence-electron chi connectivity index (χ1n) is 11.0. The van der Waals surface area contributed by atoms with Crippen LogP contribution in [0.25, 0.3) is 10.9 Å². The summed E-state index contributed by atoms with van der Waals surface area (Å²) in [5.74, 6) is -0.531. The van der Waals surface area contributed by atoms with Crippen molar-refractivity contribution in [1.82, 2.24) is 9.88 Å². The standard InChI is InChI=1S/C25H26N2O7/c1-16(24(29)19-14-26-20-6-4-3-5-18(19)20)34-25(30)17-7-8-21(22(13-17)31-2)33-15-23(28)27-9-11-32-12-10-27/h3-8,13-14,16,26H,9-12,15H2,1-2H3. The van der Waals surface area contributed by atoms with Crippen molar-refractivity contribution in [2.24, 2.45) is 0 Å². The Morgan fingerprint density at radius 3 is 2.62 bits per heavy atom. The summed E-state index contributed by atoms with van der Waals surface area (Å²) in [7, 11) is 1.43. The topological polar surface area (TPSA) is 107 Å². The van der Waals surface area contributed by atoms with Gasteiger partial charge in [-0.15, -0.1) is 0 Å². The Hall–Kier alpha value is -3.85. The fraction of sp³-hybridized carbons (Fsp3) is 0.320. The Morgan fingerprint density at radius 2 is 1.85 bits per heavy atom. The van der Waals surface area contributed by atoms with Crippen molar-refractivity contribution in [2.75, 3.05) is 40.0 Å². The number of nitrogens with zero attached hydrogens (tertiary/aromatic N) is 1. The van der Waals surface area contributed by atoms with Crippen molar-refractivity contribution < 1.29 is 33.3 Å². The molecule has 0 aliphatic carbocycles. The van der Waals surface area contributed by atoms with E-state index in [9.17, 15) is 14.4 Å². The lowest BCUT2D eigenvalue weighted by Crippen LogP contribution is -2.43. The number of hydrogen-bond acceptors (Lipinski definition) is 7. The zero-order valence-electron chi connectivity index (χ0n) is 19.0. The van der Waals surface area contributed by atoms with E-state index in [1.165, 1.54) is 32.2 Å². The van der Waals surface area contributed by atoms with Crippen molar-refractivity contribution in [1.29, 1.82) is 0 Å². The number of aromatic nitrogens is 1. The highest BCUT2D eigenvalue weighted by Crippen LogP contribution is 2.29. The lowest BCUT2D eigenvalue weighted by atomic mass is 10.1. The normalized spacial score (nSPS) is 14.5. The highest BCUT2D eigenvalue weighted by molar-refractivity contribution is 6.10. The van der Waals surface area contributed by atoms with Gasteiger partial charge in [-0.2, -0.15) is 0 Å². The van der Waals surface area contributed by atoms with Gasteiger partial charge >= 0.3 is 5.97 Å².